The highest BCUT2D eigenvalue weighted by molar-refractivity contribution is 6.07. The number of aromatic nitrogens is 1. The number of rotatable bonds is 8. The van der Waals surface area contributed by atoms with E-state index in [2.05, 4.69) is 15.6 Å². The number of amides is 2. The second-order valence-electron chi connectivity index (χ2n) is 9.35. The fourth-order valence-corrected chi connectivity index (χ4v) is 5.01. The standard InChI is InChI=1S/C26H34N4O4/c1-17(27-2)24(32)29-22(18-10-5-3-6-11-18)26(33)30-15-9-14-21(30)25-28-20(16-34-25)23(31)19-12-7-4-8-13-19/h4,7-8,12-13,16-18,21-22,27H,3,5-6,9-11,14-15H2,1-2H3,(H,29,32)/t17-,21?,22?/m0/s1. The third-order valence-corrected chi connectivity index (χ3v) is 7.12. The van der Waals surface area contributed by atoms with Crippen LogP contribution in [0, 0.1) is 5.92 Å². The van der Waals surface area contributed by atoms with Crippen LogP contribution in [0.15, 0.2) is 41.0 Å². The minimum absolute atomic E-state index is 0.0832. The molecule has 2 unspecified atom stereocenters. The highest BCUT2D eigenvalue weighted by Gasteiger charge is 2.40. The highest BCUT2D eigenvalue weighted by Crippen LogP contribution is 2.35. The van der Waals surface area contributed by atoms with Crippen LogP contribution < -0.4 is 10.6 Å². The van der Waals surface area contributed by atoms with Crippen molar-refractivity contribution in [1.82, 2.24) is 20.5 Å². The zero-order chi connectivity index (χ0) is 24.1. The van der Waals surface area contributed by atoms with Gasteiger partial charge in [0, 0.05) is 12.1 Å². The van der Waals surface area contributed by atoms with Crippen LogP contribution >= 0.6 is 0 Å². The summed E-state index contributed by atoms with van der Waals surface area (Å²) in [5, 5.41) is 5.98. The maximum atomic E-state index is 13.8. The first-order chi connectivity index (χ1) is 16.5. The van der Waals surface area contributed by atoms with Crippen LogP contribution in [0.25, 0.3) is 0 Å². The summed E-state index contributed by atoms with van der Waals surface area (Å²) in [6, 6.07) is 7.66. The van der Waals surface area contributed by atoms with Gasteiger partial charge in [0.05, 0.1) is 6.04 Å². The molecule has 1 aromatic heterocycles. The fraction of sp³-hybridized carbons (Fsp3) is 0.538. The number of carbonyl (C=O) groups is 3. The average Bonchev–Trinajstić information content (AvgIpc) is 3.57. The van der Waals surface area contributed by atoms with Gasteiger partial charge in [0.2, 0.25) is 23.5 Å². The summed E-state index contributed by atoms with van der Waals surface area (Å²) < 4.78 is 5.71. The lowest BCUT2D eigenvalue weighted by molar-refractivity contribution is -0.140. The summed E-state index contributed by atoms with van der Waals surface area (Å²) in [6.07, 6.45) is 8.07. The Bertz CT molecular complexity index is 999. The Morgan fingerprint density at radius 1 is 1.06 bits per heavy atom. The molecule has 8 nitrogen and oxygen atoms in total. The molecule has 1 saturated carbocycles. The smallest absolute Gasteiger partial charge is 0.246 e. The maximum absolute atomic E-state index is 13.8. The normalized spacial score (nSPS) is 20.6. The van der Waals surface area contributed by atoms with E-state index in [1.807, 2.05) is 6.07 Å². The van der Waals surface area contributed by atoms with E-state index in [1.165, 1.54) is 12.7 Å². The van der Waals surface area contributed by atoms with E-state index < -0.39 is 6.04 Å². The first-order valence-corrected chi connectivity index (χ1v) is 12.3. The summed E-state index contributed by atoms with van der Waals surface area (Å²) in [5.74, 6) is 0.0341. The molecule has 2 fully saturated rings. The van der Waals surface area contributed by atoms with Crippen molar-refractivity contribution < 1.29 is 18.8 Å². The maximum Gasteiger partial charge on any atom is 0.246 e. The van der Waals surface area contributed by atoms with Gasteiger partial charge in [-0.15, -0.1) is 0 Å². The number of oxazole rings is 1. The van der Waals surface area contributed by atoms with Gasteiger partial charge in [0.15, 0.2) is 0 Å². The Balaban J connectivity index is 1.53. The van der Waals surface area contributed by atoms with E-state index in [9.17, 15) is 14.4 Å². The molecule has 0 spiro atoms. The second kappa shape index (κ2) is 11.0. The van der Waals surface area contributed by atoms with Crippen LogP contribution in [0.2, 0.25) is 0 Å². The van der Waals surface area contributed by atoms with Gasteiger partial charge < -0.3 is 20.0 Å². The average molecular weight is 467 g/mol. The summed E-state index contributed by atoms with van der Waals surface area (Å²) in [4.78, 5) is 45.5. The number of carbonyl (C=O) groups excluding carboxylic acids is 3. The van der Waals surface area contributed by atoms with Crippen molar-refractivity contribution in [2.24, 2.45) is 5.92 Å². The Labute approximate surface area is 200 Å². The SMILES string of the molecule is CN[C@@H](C)C(=O)NC(C(=O)N1CCCC1c1nc(C(=O)c2ccccc2)co1)C1CCCCC1. The van der Waals surface area contributed by atoms with Gasteiger partial charge in [0.1, 0.15) is 24.0 Å². The van der Waals surface area contributed by atoms with Gasteiger partial charge in [0.25, 0.3) is 0 Å². The third kappa shape index (κ3) is 5.22. The predicted octanol–water partition coefficient (Wildman–Crippen LogP) is 3.24. The summed E-state index contributed by atoms with van der Waals surface area (Å²) in [7, 11) is 1.73. The first-order valence-electron chi connectivity index (χ1n) is 12.3. The molecular formula is C26H34N4O4. The van der Waals surface area contributed by atoms with Crippen LogP contribution in [-0.4, -0.2) is 53.2 Å². The van der Waals surface area contributed by atoms with Crippen molar-refractivity contribution in [3.63, 3.8) is 0 Å². The monoisotopic (exact) mass is 466 g/mol. The van der Waals surface area contributed by atoms with E-state index in [0.29, 0.717) is 24.4 Å². The summed E-state index contributed by atoms with van der Waals surface area (Å²) in [6.45, 7) is 2.36. The van der Waals surface area contributed by atoms with Crippen molar-refractivity contribution in [1.29, 1.82) is 0 Å². The molecule has 0 bridgehead atoms. The van der Waals surface area contributed by atoms with Gasteiger partial charge in [-0.2, -0.15) is 0 Å². The number of hydrogen-bond donors (Lipinski definition) is 2. The Morgan fingerprint density at radius 2 is 1.79 bits per heavy atom. The summed E-state index contributed by atoms with van der Waals surface area (Å²) >= 11 is 0. The van der Waals surface area contributed by atoms with Crippen LogP contribution in [0.3, 0.4) is 0 Å². The predicted molar refractivity (Wildman–Crippen MR) is 127 cm³/mol. The summed E-state index contributed by atoms with van der Waals surface area (Å²) in [5.41, 5.74) is 0.779. The Morgan fingerprint density at radius 3 is 2.50 bits per heavy atom. The minimum atomic E-state index is -0.565. The molecule has 2 aliphatic rings. The molecule has 4 rings (SSSR count). The van der Waals surface area contributed by atoms with Gasteiger partial charge >= 0.3 is 0 Å². The van der Waals surface area contributed by atoms with E-state index in [1.54, 1.807) is 43.1 Å². The molecule has 2 aromatic rings. The Hall–Kier alpha value is -3.00. The van der Waals surface area contributed by atoms with Crippen LogP contribution in [-0.2, 0) is 9.59 Å². The molecule has 3 atom stereocenters. The zero-order valence-electron chi connectivity index (χ0n) is 20.0. The molecule has 2 amide bonds. The van der Waals surface area contributed by atoms with Crippen molar-refractivity contribution in [3.8, 4) is 0 Å². The number of likely N-dealkylation sites (N-methyl/N-ethyl adjacent to an activating group) is 1. The van der Waals surface area contributed by atoms with Gasteiger partial charge in [-0.05, 0) is 45.6 Å². The van der Waals surface area contributed by atoms with Crippen molar-refractivity contribution in [2.75, 3.05) is 13.6 Å². The fourth-order valence-electron chi connectivity index (χ4n) is 5.01. The quantitative estimate of drug-likeness (QED) is 0.579. The number of likely N-dealkylation sites (tertiary alicyclic amines) is 1. The number of ketones is 1. The number of nitrogens with zero attached hydrogens (tertiary/aromatic N) is 2. The molecule has 2 N–H and O–H groups in total. The first kappa shape index (κ1) is 24.1. The topological polar surface area (TPSA) is 105 Å². The molecule has 8 heteroatoms. The van der Waals surface area contributed by atoms with Crippen LogP contribution in [0.1, 0.15) is 79.9 Å². The lowest BCUT2D eigenvalue weighted by atomic mass is 9.83. The number of hydrogen-bond acceptors (Lipinski definition) is 6. The molecule has 0 radical (unpaired) electrons. The molecule has 1 aliphatic carbocycles. The number of nitrogens with one attached hydrogen (secondary N) is 2. The second-order valence-corrected chi connectivity index (χ2v) is 9.35. The van der Waals surface area contributed by atoms with Crippen LogP contribution in [0.5, 0.6) is 0 Å². The third-order valence-electron chi connectivity index (χ3n) is 7.12. The zero-order valence-corrected chi connectivity index (χ0v) is 20.0. The van der Waals surface area contributed by atoms with E-state index in [0.717, 1.165) is 32.1 Å². The van der Waals surface area contributed by atoms with Gasteiger partial charge in [-0.25, -0.2) is 4.98 Å². The molecule has 34 heavy (non-hydrogen) atoms. The van der Waals surface area contributed by atoms with Crippen LogP contribution in [0.4, 0.5) is 0 Å². The highest BCUT2D eigenvalue weighted by atomic mass is 16.3. The largest absolute Gasteiger partial charge is 0.446 e. The number of benzene rings is 1. The molecule has 1 aliphatic heterocycles. The molecule has 182 valence electrons. The van der Waals surface area contributed by atoms with E-state index >= 15 is 0 Å². The van der Waals surface area contributed by atoms with Gasteiger partial charge in [-0.3, -0.25) is 14.4 Å². The lowest BCUT2D eigenvalue weighted by Gasteiger charge is -2.34. The van der Waals surface area contributed by atoms with E-state index in [4.69, 9.17) is 4.42 Å². The molecule has 1 aromatic carbocycles. The van der Waals surface area contributed by atoms with Crippen molar-refractivity contribution >= 4 is 17.6 Å². The van der Waals surface area contributed by atoms with E-state index in [-0.39, 0.29) is 41.3 Å². The Kier molecular flexibility index (Phi) is 7.77. The van der Waals surface area contributed by atoms with Gasteiger partial charge in [-0.1, -0.05) is 49.6 Å². The molecule has 2 heterocycles. The molecular weight excluding hydrogens is 432 g/mol. The van der Waals surface area contributed by atoms with Crippen molar-refractivity contribution in [2.45, 2.75) is 70.0 Å². The molecule has 1 saturated heterocycles. The van der Waals surface area contributed by atoms with Crippen molar-refractivity contribution in [3.05, 3.63) is 53.7 Å². The minimum Gasteiger partial charge on any atom is -0.446 e. The lowest BCUT2D eigenvalue weighted by Crippen LogP contribution is -2.55.